The van der Waals surface area contributed by atoms with E-state index < -0.39 is 24.5 Å². The molecule has 26 heavy (non-hydrogen) atoms. The van der Waals surface area contributed by atoms with Gasteiger partial charge in [0.05, 0.1) is 18.2 Å². The minimum atomic E-state index is -0.572. The first kappa shape index (κ1) is 20.0. The molecular formula is C18H19NO5S2. The van der Waals surface area contributed by atoms with Crippen LogP contribution in [0.3, 0.4) is 0 Å². The lowest BCUT2D eigenvalue weighted by atomic mass is 10.1. The third kappa shape index (κ3) is 4.44. The van der Waals surface area contributed by atoms with E-state index in [1.54, 1.807) is 25.1 Å². The summed E-state index contributed by atoms with van der Waals surface area (Å²) in [5, 5.41) is 3.01. The van der Waals surface area contributed by atoms with Crippen molar-refractivity contribution in [3.05, 3.63) is 45.8 Å². The number of anilines is 1. The van der Waals surface area contributed by atoms with E-state index in [4.69, 9.17) is 9.47 Å². The molecule has 138 valence electrons. The Bertz CT molecular complexity index is 844. The lowest BCUT2D eigenvalue weighted by Crippen LogP contribution is -2.21. The first-order valence-electron chi connectivity index (χ1n) is 7.67. The van der Waals surface area contributed by atoms with Crippen molar-refractivity contribution in [2.24, 2.45) is 0 Å². The fourth-order valence-corrected chi connectivity index (χ4v) is 3.90. The van der Waals surface area contributed by atoms with Gasteiger partial charge in [0.2, 0.25) is 0 Å². The highest BCUT2D eigenvalue weighted by molar-refractivity contribution is 7.98. The highest BCUT2D eigenvalue weighted by Gasteiger charge is 2.22. The van der Waals surface area contributed by atoms with E-state index in [-0.39, 0.29) is 0 Å². The van der Waals surface area contributed by atoms with Gasteiger partial charge < -0.3 is 14.8 Å². The molecule has 0 atom stereocenters. The smallest absolute Gasteiger partial charge is 0.341 e. The fraction of sp³-hybridized carbons (Fsp3) is 0.278. The molecular weight excluding hydrogens is 374 g/mol. The molecule has 0 saturated carbocycles. The average Bonchev–Trinajstić information content (AvgIpc) is 2.92. The first-order valence-corrected chi connectivity index (χ1v) is 9.71. The largest absolute Gasteiger partial charge is 0.465 e. The fourth-order valence-electron chi connectivity index (χ4n) is 2.25. The van der Waals surface area contributed by atoms with Gasteiger partial charge in [0.1, 0.15) is 5.00 Å². The molecule has 0 spiro atoms. The van der Waals surface area contributed by atoms with Crippen LogP contribution in [0.25, 0.3) is 0 Å². The summed E-state index contributed by atoms with van der Waals surface area (Å²) < 4.78 is 9.86. The number of esters is 2. The van der Waals surface area contributed by atoms with Gasteiger partial charge in [0.15, 0.2) is 6.61 Å². The van der Waals surface area contributed by atoms with Crippen LogP contribution in [-0.2, 0) is 14.3 Å². The Morgan fingerprint density at radius 1 is 1.15 bits per heavy atom. The Balaban J connectivity index is 2.05. The first-order chi connectivity index (χ1) is 12.4. The number of hydrogen-bond acceptors (Lipinski definition) is 7. The van der Waals surface area contributed by atoms with Crippen molar-refractivity contribution in [3.63, 3.8) is 0 Å². The highest BCUT2D eigenvalue weighted by Crippen LogP contribution is 2.32. The van der Waals surface area contributed by atoms with Crippen LogP contribution < -0.4 is 5.32 Å². The number of thioether (sulfide) groups is 1. The summed E-state index contributed by atoms with van der Waals surface area (Å²) in [4.78, 5) is 37.9. The molecule has 0 bridgehead atoms. The van der Waals surface area contributed by atoms with Gasteiger partial charge in [0, 0.05) is 9.77 Å². The maximum absolute atomic E-state index is 12.2. The van der Waals surface area contributed by atoms with E-state index >= 15 is 0 Å². The Morgan fingerprint density at radius 3 is 2.50 bits per heavy atom. The summed E-state index contributed by atoms with van der Waals surface area (Å²) in [6.45, 7) is 3.19. The maximum atomic E-state index is 12.2. The van der Waals surface area contributed by atoms with E-state index in [1.165, 1.54) is 30.2 Å². The molecule has 6 nitrogen and oxygen atoms in total. The van der Waals surface area contributed by atoms with Gasteiger partial charge in [-0.15, -0.1) is 23.1 Å². The quantitative estimate of drug-likeness (QED) is 0.596. The summed E-state index contributed by atoms with van der Waals surface area (Å²) in [6, 6.07) is 7.01. The molecule has 8 heteroatoms. The van der Waals surface area contributed by atoms with Crippen molar-refractivity contribution < 1.29 is 23.9 Å². The number of rotatable bonds is 6. The Hall–Kier alpha value is -2.32. The normalized spacial score (nSPS) is 10.3. The number of carbonyl (C=O) groups is 3. The van der Waals surface area contributed by atoms with Crippen LogP contribution >= 0.6 is 23.1 Å². The van der Waals surface area contributed by atoms with Crippen molar-refractivity contribution >= 4 is 45.9 Å². The van der Waals surface area contributed by atoms with Crippen LogP contribution in [0.15, 0.2) is 29.2 Å². The molecule has 0 radical (unpaired) electrons. The molecule has 0 fully saturated rings. The number of hydrogen-bond donors (Lipinski definition) is 1. The topological polar surface area (TPSA) is 81.7 Å². The average molecular weight is 393 g/mol. The predicted octanol–water partition coefficient (Wildman–Crippen LogP) is 3.67. The molecule has 0 aliphatic rings. The maximum Gasteiger partial charge on any atom is 0.341 e. The third-order valence-corrected chi connectivity index (χ3v) is 5.61. The Kier molecular flexibility index (Phi) is 6.82. The summed E-state index contributed by atoms with van der Waals surface area (Å²) in [6.07, 6.45) is 1.86. The molecule has 2 rings (SSSR count). The lowest BCUT2D eigenvalue weighted by molar-refractivity contribution is -0.119. The zero-order valence-electron chi connectivity index (χ0n) is 14.9. The highest BCUT2D eigenvalue weighted by atomic mass is 32.2. The lowest BCUT2D eigenvalue weighted by Gasteiger charge is -2.09. The van der Waals surface area contributed by atoms with Crippen molar-refractivity contribution in [1.82, 2.24) is 0 Å². The third-order valence-electron chi connectivity index (χ3n) is 3.69. The zero-order chi connectivity index (χ0) is 19.3. The van der Waals surface area contributed by atoms with Gasteiger partial charge >= 0.3 is 11.9 Å². The monoisotopic (exact) mass is 393 g/mol. The van der Waals surface area contributed by atoms with Crippen LogP contribution in [0, 0.1) is 13.8 Å². The summed E-state index contributed by atoms with van der Waals surface area (Å²) in [7, 11) is 1.28. The van der Waals surface area contributed by atoms with Crippen LogP contribution in [0.2, 0.25) is 0 Å². The molecule has 1 aromatic heterocycles. The zero-order valence-corrected chi connectivity index (χ0v) is 16.5. The van der Waals surface area contributed by atoms with Crippen LogP contribution in [0.4, 0.5) is 5.00 Å². The number of benzene rings is 1. The molecule has 0 aliphatic heterocycles. The minimum Gasteiger partial charge on any atom is -0.465 e. The SMILES string of the molecule is COC(=O)c1c(NC(=O)COC(=O)c2ccccc2SC)sc(C)c1C. The molecule has 1 amide bonds. The van der Waals surface area contributed by atoms with Gasteiger partial charge in [-0.25, -0.2) is 9.59 Å². The molecule has 1 aromatic carbocycles. The van der Waals surface area contributed by atoms with Crippen LogP contribution in [-0.4, -0.2) is 37.8 Å². The Labute approximate surface area is 159 Å². The van der Waals surface area contributed by atoms with Crippen molar-refractivity contribution in [3.8, 4) is 0 Å². The number of methoxy groups -OCH3 is 1. The van der Waals surface area contributed by atoms with Gasteiger partial charge in [0.25, 0.3) is 5.91 Å². The second-order valence-corrected chi connectivity index (χ2v) is 7.38. The predicted molar refractivity (Wildman–Crippen MR) is 102 cm³/mol. The molecule has 0 unspecified atom stereocenters. The summed E-state index contributed by atoms with van der Waals surface area (Å²) >= 11 is 2.69. The van der Waals surface area contributed by atoms with E-state index in [1.807, 2.05) is 19.2 Å². The molecule has 1 heterocycles. The van der Waals surface area contributed by atoms with Crippen LogP contribution in [0.5, 0.6) is 0 Å². The number of aryl methyl sites for hydroxylation is 1. The minimum absolute atomic E-state index is 0.322. The number of thiophene rings is 1. The standard InChI is InChI=1S/C18H19NO5S2/c1-10-11(2)26-16(15(10)18(22)23-3)19-14(20)9-24-17(21)12-7-5-6-8-13(12)25-4/h5-8H,9H2,1-4H3,(H,19,20). The van der Waals surface area contributed by atoms with E-state index in [0.717, 1.165) is 15.3 Å². The molecule has 1 N–H and O–H groups in total. The molecule has 0 saturated heterocycles. The van der Waals surface area contributed by atoms with E-state index in [2.05, 4.69) is 5.32 Å². The molecule has 0 aliphatic carbocycles. The summed E-state index contributed by atoms with van der Waals surface area (Å²) in [5.74, 6) is -1.61. The number of amides is 1. The van der Waals surface area contributed by atoms with Crippen molar-refractivity contribution in [2.75, 3.05) is 25.3 Å². The van der Waals surface area contributed by atoms with Crippen LogP contribution in [0.1, 0.15) is 31.2 Å². The molecule has 2 aromatic rings. The summed E-state index contributed by atoms with van der Waals surface area (Å²) in [5.41, 5.74) is 1.48. The number of nitrogens with one attached hydrogen (secondary N) is 1. The number of carbonyl (C=O) groups excluding carboxylic acids is 3. The second kappa shape index (κ2) is 8.86. The van der Waals surface area contributed by atoms with Crippen molar-refractivity contribution in [1.29, 1.82) is 0 Å². The van der Waals surface area contributed by atoms with Gasteiger partial charge in [-0.3, -0.25) is 4.79 Å². The van der Waals surface area contributed by atoms with Crippen molar-refractivity contribution in [2.45, 2.75) is 18.7 Å². The Morgan fingerprint density at radius 2 is 1.85 bits per heavy atom. The van der Waals surface area contributed by atoms with Gasteiger partial charge in [-0.2, -0.15) is 0 Å². The van der Waals surface area contributed by atoms with E-state index in [9.17, 15) is 14.4 Å². The van der Waals surface area contributed by atoms with Gasteiger partial charge in [-0.1, -0.05) is 12.1 Å². The second-order valence-electron chi connectivity index (χ2n) is 5.30. The number of ether oxygens (including phenoxy) is 2. The van der Waals surface area contributed by atoms with Gasteiger partial charge in [-0.05, 0) is 37.8 Å². The van der Waals surface area contributed by atoms with E-state index in [0.29, 0.717) is 16.1 Å².